The molecule has 0 bridgehead atoms. The third-order valence-electron chi connectivity index (χ3n) is 1.58. The van der Waals surface area contributed by atoms with Gasteiger partial charge in [-0.3, -0.25) is 0 Å². The van der Waals surface area contributed by atoms with Crippen molar-refractivity contribution in [2.24, 2.45) is 0 Å². The second-order valence-corrected chi connectivity index (χ2v) is 2.74. The zero-order valence-corrected chi connectivity index (χ0v) is 6.41. The lowest BCUT2D eigenvalue weighted by atomic mass is 10.2. The Balaban J connectivity index is 2.35. The SMILES string of the molecule is C[C@H]1C[C@H](C)OC(CO)O1. The first-order valence-electron chi connectivity index (χ1n) is 3.64. The highest BCUT2D eigenvalue weighted by atomic mass is 16.7. The van der Waals surface area contributed by atoms with E-state index < -0.39 is 6.29 Å². The summed E-state index contributed by atoms with van der Waals surface area (Å²) in [6, 6.07) is 0. The Morgan fingerprint density at radius 2 is 1.80 bits per heavy atom. The van der Waals surface area contributed by atoms with E-state index in [0.29, 0.717) is 0 Å². The van der Waals surface area contributed by atoms with Crippen LogP contribution in [0.3, 0.4) is 0 Å². The van der Waals surface area contributed by atoms with Gasteiger partial charge < -0.3 is 14.6 Å². The highest BCUT2D eigenvalue weighted by Gasteiger charge is 2.23. The smallest absolute Gasteiger partial charge is 0.181 e. The molecule has 0 aliphatic carbocycles. The minimum atomic E-state index is -0.404. The van der Waals surface area contributed by atoms with Gasteiger partial charge in [-0.15, -0.1) is 0 Å². The predicted molar refractivity (Wildman–Crippen MR) is 36.6 cm³/mol. The van der Waals surface area contributed by atoms with Crippen LogP contribution in [-0.2, 0) is 9.47 Å². The first-order valence-corrected chi connectivity index (χ1v) is 3.64. The van der Waals surface area contributed by atoms with Gasteiger partial charge in [-0.25, -0.2) is 0 Å². The van der Waals surface area contributed by atoms with Crippen LogP contribution in [0.15, 0.2) is 0 Å². The van der Waals surface area contributed by atoms with Gasteiger partial charge in [0.1, 0.15) is 0 Å². The zero-order valence-electron chi connectivity index (χ0n) is 6.41. The van der Waals surface area contributed by atoms with Crippen LogP contribution >= 0.6 is 0 Å². The molecular formula is C7H14O3. The molecule has 0 spiro atoms. The van der Waals surface area contributed by atoms with Gasteiger partial charge in [0.15, 0.2) is 6.29 Å². The molecular weight excluding hydrogens is 132 g/mol. The van der Waals surface area contributed by atoms with Crippen molar-refractivity contribution in [3.05, 3.63) is 0 Å². The molecule has 2 atom stereocenters. The molecule has 0 aromatic rings. The van der Waals surface area contributed by atoms with Gasteiger partial charge in [0.05, 0.1) is 18.8 Å². The fourth-order valence-corrected chi connectivity index (χ4v) is 1.21. The Hall–Kier alpha value is -0.120. The fraction of sp³-hybridized carbons (Fsp3) is 1.00. The highest BCUT2D eigenvalue weighted by Crippen LogP contribution is 2.16. The first-order chi connectivity index (χ1) is 4.72. The zero-order chi connectivity index (χ0) is 7.56. The molecule has 1 N–H and O–H groups in total. The van der Waals surface area contributed by atoms with Gasteiger partial charge in [-0.1, -0.05) is 0 Å². The van der Waals surface area contributed by atoms with Gasteiger partial charge in [0, 0.05) is 0 Å². The Morgan fingerprint density at radius 3 is 2.20 bits per heavy atom. The molecule has 10 heavy (non-hydrogen) atoms. The van der Waals surface area contributed by atoms with Crippen molar-refractivity contribution in [1.29, 1.82) is 0 Å². The maximum atomic E-state index is 8.68. The van der Waals surface area contributed by atoms with E-state index in [2.05, 4.69) is 0 Å². The van der Waals surface area contributed by atoms with E-state index >= 15 is 0 Å². The van der Waals surface area contributed by atoms with Crippen molar-refractivity contribution >= 4 is 0 Å². The van der Waals surface area contributed by atoms with Crippen molar-refractivity contribution in [3.8, 4) is 0 Å². The predicted octanol–water partition coefficient (Wildman–Crippen LogP) is 0.519. The fourth-order valence-electron chi connectivity index (χ4n) is 1.21. The molecule has 0 aromatic heterocycles. The van der Waals surface area contributed by atoms with Crippen molar-refractivity contribution in [2.45, 2.75) is 38.8 Å². The molecule has 1 aliphatic heterocycles. The summed E-state index contributed by atoms with van der Waals surface area (Å²) in [6.07, 6.45) is 0.928. The van der Waals surface area contributed by atoms with E-state index in [1.165, 1.54) is 0 Å². The quantitative estimate of drug-likeness (QED) is 0.586. The molecule has 1 saturated heterocycles. The average molecular weight is 146 g/mol. The second-order valence-electron chi connectivity index (χ2n) is 2.74. The number of ether oxygens (including phenoxy) is 2. The van der Waals surface area contributed by atoms with Crippen LogP contribution in [0.2, 0.25) is 0 Å². The lowest BCUT2D eigenvalue weighted by Gasteiger charge is -2.31. The summed E-state index contributed by atoms with van der Waals surface area (Å²) in [7, 11) is 0. The van der Waals surface area contributed by atoms with Crippen molar-refractivity contribution in [2.75, 3.05) is 6.61 Å². The molecule has 0 amide bonds. The Bertz CT molecular complexity index is 95.0. The third kappa shape index (κ3) is 1.94. The molecule has 1 heterocycles. The number of rotatable bonds is 1. The molecule has 1 aliphatic rings. The average Bonchev–Trinajstić information content (AvgIpc) is 1.85. The van der Waals surface area contributed by atoms with E-state index in [0.717, 1.165) is 6.42 Å². The molecule has 0 radical (unpaired) electrons. The summed E-state index contributed by atoms with van der Waals surface area (Å²) in [6.45, 7) is 3.93. The summed E-state index contributed by atoms with van der Waals surface area (Å²) >= 11 is 0. The summed E-state index contributed by atoms with van der Waals surface area (Å²) in [5.41, 5.74) is 0. The van der Waals surface area contributed by atoms with E-state index in [4.69, 9.17) is 14.6 Å². The topological polar surface area (TPSA) is 38.7 Å². The van der Waals surface area contributed by atoms with Crippen molar-refractivity contribution in [3.63, 3.8) is 0 Å². The lowest BCUT2D eigenvalue weighted by molar-refractivity contribution is -0.246. The van der Waals surface area contributed by atoms with Crippen LogP contribution in [0.5, 0.6) is 0 Å². The van der Waals surface area contributed by atoms with Crippen molar-refractivity contribution in [1.82, 2.24) is 0 Å². The molecule has 3 nitrogen and oxygen atoms in total. The van der Waals surface area contributed by atoms with Crippen LogP contribution in [0, 0.1) is 0 Å². The molecule has 1 rings (SSSR count). The monoisotopic (exact) mass is 146 g/mol. The van der Waals surface area contributed by atoms with Crippen molar-refractivity contribution < 1.29 is 14.6 Å². The summed E-state index contributed by atoms with van der Waals surface area (Å²) in [5.74, 6) is 0. The molecule has 0 saturated carbocycles. The second kappa shape index (κ2) is 3.32. The third-order valence-corrected chi connectivity index (χ3v) is 1.58. The van der Waals surface area contributed by atoms with Gasteiger partial charge in [0.25, 0.3) is 0 Å². The van der Waals surface area contributed by atoms with E-state index in [1.54, 1.807) is 0 Å². The minimum Gasteiger partial charge on any atom is -0.391 e. The van der Waals surface area contributed by atoms with Crippen LogP contribution in [0.25, 0.3) is 0 Å². The van der Waals surface area contributed by atoms with Crippen LogP contribution in [0.1, 0.15) is 20.3 Å². The summed E-state index contributed by atoms with van der Waals surface area (Å²) < 4.78 is 10.5. The lowest BCUT2D eigenvalue weighted by Crippen LogP contribution is -2.37. The maximum Gasteiger partial charge on any atom is 0.181 e. The Morgan fingerprint density at radius 1 is 1.30 bits per heavy atom. The number of hydrogen-bond acceptors (Lipinski definition) is 3. The molecule has 1 fully saturated rings. The summed E-state index contributed by atoms with van der Waals surface area (Å²) in [5, 5.41) is 8.68. The molecule has 3 heteroatoms. The first kappa shape index (κ1) is 7.98. The van der Waals surface area contributed by atoms with E-state index in [-0.39, 0.29) is 18.8 Å². The van der Waals surface area contributed by atoms with Gasteiger partial charge in [-0.2, -0.15) is 0 Å². The standard InChI is InChI=1S/C7H14O3/c1-5-3-6(2)10-7(4-8)9-5/h5-8H,3-4H2,1-2H3/t5-,6-/m0/s1. The maximum absolute atomic E-state index is 8.68. The summed E-state index contributed by atoms with van der Waals surface area (Å²) in [4.78, 5) is 0. The number of aliphatic hydroxyl groups excluding tert-OH is 1. The Kier molecular flexibility index (Phi) is 2.65. The highest BCUT2D eigenvalue weighted by molar-refractivity contribution is 4.64. The normalized spacial score (nSPS) is 41.7. The number of aliphatic hydroxyl groups is 1. The van der Waals surface area contributed by atoms with Crippen LogP contribution in [-0.4, -0.2) is 30.2 Å². The van der Waals surface area contributed by atoms with Gasteiger partial charge >= 0.3 is 0 Å². The van der Waals surface area contributed by atoms with Crippen LogP contribution in [0.4, 0.5) is 0 Å². The van der Waals surface area contributed by atoms with E-state index in [1.807, 2.05) is 13.8 Å². The van der Waals surface area contributed by atoms with Gasteiger partial charge in [-0.05, 0) is 20.3 Å². The molecule has 0 aromatic carbocycles. The largest absolute Gasteiger partial charge is 0.391 e. The van der Waals surface area contributed by atoms with Crippen LogP contribution < -0.4 is 0 Å². The van der Waals surface area contributed by atoms with Gasteiger partial charge in [0.2, 0.25) is 0 Å². The molecule has 60 valence electrons. The Labute approximate surface area is 60.9 Å². The minimum absolute atomic E-state index is 0.0469. The van der Waals surface area contributed by atoms with E-state index in [9.17, 15) is 0 Å². The molecule has 0 unspecified atom stereocenters. The number of hydrogen-bond donors (Lipinski definition) is 1.